The van der Waals surface area contributed by atoms with Crippen LogP contribution >= 0.6 is 0 Å². The summed E-state index contributed by atoms with van der Waals surface area (Å²) in [6.07, 6.45) is 0. The summed E-state index contributed by atoms with van der Waals surface area (Å²) in [6, 6.07) is 31.0. The molecular weight excluding hydrogens is 539 g/mol. The van der Waals surface area contributed by atoms with Crippen molar-refractivity contribution in [3.05, 3.63) is 120 Å². The van der Waals surface area contributed by atoms with Gasteiger partial charge < -0.3 is 8.97 Å². The molecule has 5 aromatic rings. The average Bonchev–Trinajstić information content (AvgIpc) is 2.81. The molecule has 0 aliphatic carbocycles. The highest BCUT2D eigenvalue weighted by molar-refractivity contribution is 7.85. The zero-order chi connectivity index (χ0) is 22.6. The molecule has 5 nitrogen and oxygen atoms in total. The maximum Gasteiger partial charge on any atom is 0.357 e. The Bertz CT molecular complexity index is 1530. The molecule has 0 atom stereocenters. The van der Waals surface area contributed by atoms with Crippen molar-refractivity contribution < 1.29 is 38.6 Å². The van der Waals surface area contributed by atoms with E-state index < -0.39 is 10.1 Å². The van der Waals surface area contributed by atoms with Crippen LogP contribution < -0.4 is 26.6 Å². The predicted octanol–water partition coefficient (Wildman–Crippen LogP) is 1.67. The van der Waals surface area contributed by atoms with Gasteiger partial charge in [0.25, 0.3) is 0 Å². The Hall–Kier alpha value is -3.01. The van der Waals surface area contributed by atoms with Crippen molar-refractivity contribution in [2.24, 2.45) is 0 Å². The predicted molar refractivity (Wildman–Crippen MR) is 118 cm³/mol. The van der Waals surface area contributed by atoms with Crippen molar-refractivity contribution in [1.29, 1.82) is 0 Å². The molecule has 32 heavy (non-hydrogen) atoms. The van der Waals surface area contributed by atoms with Crippen molar-refractivity contribution in [1.82, 2.24) is 0 Å². The minimum atomic E-state index is -4.25. The Morgan fingerprint density at radius 3 is 1.91 bits per heavy atom. The van der Waals surface area contributed by atoms with Gasteiger partial charge in [0.2, 0.25) is 5.43 Å². The molecule has 0 aliphatic heterocycles. The van der Waals surface area contributed by atoms with E-state index in [9.17, 15) is 17.8 Å². The second kappa shape index (κ2) is 9.64. The van der Waals surface area contributed by atoms with Crippen LogP contribution in [0.5, 0.6) is 0 Å². The summed E-state index contributed by atoms with van der Waals surface area (Å²) in [5, 5.41) is 1.32. The summed E-state index contributed by atoms with van der Waals surface area (Å²) in [5.41, 5.74) is 1.35. The molecule has 0 spiro atoms. The first-order valence-electron chi connectivity index (χ1n) is 9.58. The van der Waals surface area contributed by atoms with Crippen LogP contribution in [0.15, 0.2) is 117 Å². The topological polar surface area (TPSA) is 87.4 Å². The fraction of sp³-hybridized carbons (Fsp3) is 0. The van der Waals surface area contributed by atoms with Crippen LogP contribution in [0.1, 0.15) is 0 Å². The summed E-state index contributed by atoms with van der Waals surface area (Å²) < 4.78 is 39.2. The van der Waals surface area contributed by atoms with Crippen LogP contribution in [0.3, 0.4) is 0 Å². The Labute approximate surface area is 195 Å². The zero-order valence-corrected chi connectivity index (χ0v) is 19.6. The molecule has 1 aromatic heterocycles. The lowest BCUT2D eigenvalue weighted by Crippen LogP contribution is -3.61. The van der Waals surface area contributed by atoms with Gasteiger partial charge in [0.1, 0.15) is 21.3 Å². The van der Waals surface area contributed by atoms with Gasteiger partial charge in [-0.3, -0.25) is 4.79 Å². The standard InChI is InChI=1S/C19H12IO2.C6H6O3S/c21-19-15-8-4-5-9-17(15)22-18-11-10-14(12-16(18)19)20-13-6-2-1-3-7-13;7-10(8,9)6-4-2-1-3-5-6/h1-12H;1-5H,(H,7,8,9)/q+1;/p-1. The summed E-state index contributed by atoms with van der Waals surface area (Å²) in [6.45, 7) is 0. The van der Waals surface area contributed by atoms with Gasteiger partial charge in [-0.25, -0.2) is 8.42 Å². The number of halogens is 1. The molecule has 160 valence electrons. The van der Waals surface area contributed by atoms with Gasteiger partial charge in [-0.1, -0.05) is 48.5 Å². The zero-order valence-electron chi connectivity index (χ0n) is 16.6. The van der Waals surface area contributed by atoms with Crippen LogP contribution in [0, 0.1) is 7.14 Å². The number of hydrogen-bond acceptors (Lipinski definition) is 5. The van der Waals surface area contributed by atoms with E-state index in [0.29, 0.717) is 21.9 Å². The highest BCUT2D eigenvalue weighted by Crippen LogP contribution is 2.17. The molecule has 0 aliphatic rings. The minimum Gasteiger partial charge on any atom is -0.744 e. The van der Waals surface area contributed by atoms with E-state index in [-0.39, 0.29) is 31.5 Å². The van der Waals surface area contributed by atoms with Gasteiger partial charge in [0, 0.05) is 6.07 Å². The highest BCUT2D eigenvalue weighted by atomic mass is 127. The Kier molecular flexibility index (Phi) is 6.69. The summed E-state index contributed by atoms with van der Waals surface area (Å²) in [7, 11) is -4.25. The molecule has 0 fully saturated rings. The maximum absolute atomic E-state index is 12.6. The third-order valence-corrected chi connectivity index (χ3v) is 8.01. The number of para-hydroxylation sites is 1. The van der Waals surface area contributed by atoms with Crippen LogP contribution in [-0.2, 0) is 10.1 Å². The molecule has 5 rings (SSSR count). The van der Waals surface area contributed by atoms with Crippen molar-refractivity contribution in [2.45, 2.75) is 4.90 Å². The van der Waals surface area contributed by atoms with Gasteiger partial charge in [0.05, 0.1) is 15.7 Å². The van der Waals surface area contributed by atoms with E-state index >= 15 is 0 Å². The lowest BCUT2D eigenvalue weighted by atomic mass is 10.1. The minimum absolute atomic E-state index is 0.0516. The molecular formula is C25H17IO5S. The Morgan fingerprint density at radius 1 is 0.656 bits per heavy atom. The first kappa shape index (κ1) is 22.2. The molecule has 0 unspecified atom stereocenters. The molecule has 0 bridgehead atoms. The van der Waals surface area contributed by atoms with Crippen molar-refractivity contribution in [2.75, 3.05) is 0 Å². The number of hydrogen-bond donors (Lipinski definition) is 0. The van der Waals surface area contributed by atoms with E-state index in [1.807, 2.05) is 42.5 Å². The number of fused-ring (bicyclic) bond motifs is 2. The van der Waals surface area contributed by atoms with Gasteiger partial charge in [-0.2, -0.15) is 0 Å². The molecule has 0 saturated heterocycles. The SMILES string of the molecule is O=S(=O)([O-])c1ccccc1.O=c1c2ccccc2oc2ccc([I+]c3ccccc3)cc12. The number of rotatable bonds is 3. The van der Waals surface area contributed by atoms with Crippen LogP contribution in [-0.4, -0.2) is 13.0 Å². The molecule has 0 N–H and O–H groups in total. The first-order valence-corrected chi connectivity index (χ1v) is 13.1. The molecule has 7 heteroatoms. The average molecular weight is 556 g/mol. The first-order chi connectivity index (χ1) is 15.4. The van der Waals surface area contributed by atoms with Crippen molar-refractivity contribution in [3.63, 3.8) is 0 Å². The molecule has 1 heterocycles. The van der Waals surface area contributed by atoms with Gasteiger partial charge in [0.15, 0.2) is 7.14 Å². The van der Waals surface area contributed by atoms with Crippen LogP contribution in [0.2, 0.25) is 0 Å². The lowest BCUT2D eigenvalue weighted by molar-refractivity contribution is -0.597. The van der Waals surface area contributed by atoms with E-state index in [4.69, 9.17) is 4.42 Å². The van der Waals surface area contributed by atoms with E-state index in [1.165, 1.54) is 31.4 Å². The monoisotopic (exact) mass is 556 g/mol. The highest BCUT2D eigenvalue weighted by Gasteiger charge is 2.17. The smallest absolute Gasteiger partial charge is 0.357 e. The quantitative estimate of drug-likeness (QED) is 0.192. The second-order valence-corrected chi connectivity index (χ2v) is 11.1. The number of benzene rings is 4. The van der Waals surface area contributed by atoms with Crippen molar-refractivity contribution >= 4 is 32.1 Å². The molecule has 4 aromatic carbocycles. The fourth-order valence-corrected chi connectivity index (χ4v) is 5.84. The van der Waals surface area contributed by atoms with E-state index in [2.05, 4.69) is 30.3 Å². The van der Waals surface area contributed by atoms with E-state index in [1.54, 1.807) is 6.07 Å². The Balaban J connectivity index is 0.000000207. The largest absolute Gasteiger partial charge is 0.744 e. The van der Waals surface area contributed by atoms with Gasteiger partial charge in [-0.05, 0) is 48.5 Å². The summed E-state index contributed by atoms with van der Waals surface area (Å²) in [5.74, 6) is 0. The van der Waals surface area contributed by atoms with Crippen molar-refractivity contribution in [3.8, 4) is 0 Å². The summed E-state index contributed by atoms with van der Waals surface area (Å²) >= 11 is -0.284. The third kappa shape index (κ3) is 5.24. The third-order valence-electron chi connectivity index (χ3n) is 4.52. The van der Waals surface area contributed by atoms with Gasteiger partial charge in [-0.15, -0.1) is 0 Å². The van der Waals surface area contributed by atoms with Gasteiger partial charge >= 0.3 is 21.2 Å². The molecule has 0 saturated carbocycles. The lowest BCUT2D eigenvalue weighted by Gasteiger charge is -2.04. The van der Waals surface area contributed by atoms with Crippen LogP contribution in [0.4, 0.5) is 0 Å². The van der Waals surface area contributed by atoms with E-state index in [0.717, 1.165) is 0 Å². The second-order valence-electron chi connectivity index (χ2n) is 6.73. The maximum atomic E-state index is 12.6. The van der Waals surface area contributed by atoms with Crippen LogP contribution in [0.25, 0.3) is 21.9 Å². The normalized spacial score (nSPS) is 11.2. The molecule has 0 radical (unpaired) electrons. The Morgan fingerprint density at radius 2 is 1.25 bits per heavy atom. The summed E-state index contributed by atoms with van der Waals surface area (Å²) in [4.78, 5) is 12.5. The molecule has 0 amide bonds. The fourth-order valence-electron chi connectivity index (χ4n) is 3.03.